The predicted octanol–water partition coefficient (Wildman–Crippen LogP) is 3.56. The second kappa shape index (κ2) is 8.46. The largest absolute Gasteiger partial charge is 0.352 e. The standard InChI is InChI=1S/C21H19ClN6O2/c1-13-18(20(29)23-10-9-15-3-6-17(22)7-4-15)12-25-28(13)19-8-5-16(11-24-19)21-26-14(2)27-30-21/h3-8,11-12H,9-10H2,1-2H3,(H,23,29). The molecule has 30 heavy (non-hydrogen) atoms. The van der Waals surface area contributed by atoms with Gasteiger partial charge < -0.3 is 9.84 Å². The summed E-state index contributed by atoms with van der Waals surface area (Å²) in [7, 11) is 0. The number of halogens is 1. The van der Waals surface area contributed by atoms with Crippen LogP contribution in [0.1, 0.15) is 27.4 Å². The average molecular weight is 423 g/mol. The first kappa shape index (κ1) is 19.8. The van der Waals surface area contributed by atoms with Gasteiger partial charge in [-0.2, -0.15) is 10.1 Å². The average Bonchev–Trinajstić information content (AvgIpc) is 3.35. The summed E-state index contributed by atoms with van der Waals surface area (Å²) in [5, 5.41) is 11.7. The molecule has 0 unspecified atom stereocenters. The number of amides is 1. The highest BCUT2D eigenvalue weighted by molar-refractivity contribution is 6.30. The van der Waals surface area contributed by atoms with Crippen LogP contribution in [-0.2, 0) is 6.42 Å². The van der Waals surface area contributed by atoms with Gasteiger partial charge in [-0.15, -0.1) is 0 Å². The van der Waals surface area contributed by atoms with Crippen LogP contribution < -0.4 is 5.32 Å². The van der Waals surface area contributed by atoms with Crippen LogP contribution in [0, 0.1) is 13.8 Å². The van der Waals surface area contributed by atoms with Crippen LogP contribution in [0.15, 0.2) is 53.3 Å². The minimum atomic E-state index is -0.175. The summed E-state index contributed by atoms with van der Waals surface area (Å²) in [6.45, 7) is 4.10. The van der Waals surface area contributed by atoms with Crippen molar-refractivity contribution in [2.45, 2.75) is 20.3 Å². The highest BCUT2D eigenvalue weighted by Gasteiger charge is 2.16. The van der Waals surface area contributed by atoms with Crippen LogP contribution >= 0.6 is 11.6 Å². The summed E-state index contributed by atoms with van der Waals surface area (Å²) in [6.07, 6.45) is 3.90. The molecule has 3 aromatic heterocycles. The van der Waals surface area contributed by atoms with Crippen LogP contribution in [0.5, 0.6) is 0 Å². The van der Waals surface area contributed by atoms with Crippen molar-refractivity contribution < 1.29 is 9.32 Å². The van der Waals surface area contributed by atoms with Gasteiger partial charge in [0.25, 0.3) is 11.8 Å². The molecule has 1 N–H and O–H groups in total. The Morgan fingerprint density at radius 1 is 1.13 bits per heavy atom. The van der Waals surface area contributed by atoms with Gasteiger partial charge in [-0.05, 0) is 50.1 Å². The lowest BCUT2D eigenvalue weighted by Gasteiger charge is -2.07. The molecule has 0 aliphatic carbocycles. The zero-order valence-electron chi connectivity index (χ0n) is 16.5. The number of hydrogen-bond donors (Lipinski definition) is 1. The first-order chi connectivity index (χ1) is 14.5. The molecule has 0 fully saturated rings. The van der Waals surface area contributed by atoms with Crippen molar-refractivity contribution in [3.63, 3.8) is 0 Å². The third kappa shape index (κ3) is 4.23. The molecule has 4 aromatic rings. The molecule has 8 nitrogen and oxygen atoms in total. The van der Waals surface area contributed by atoms with E-state index in [2.05, 4.69) is 25.5 Å². The van der Waals surface area contributed by atoms with Crippen LogP contribution in [0.4, 0.5) is 0 Å². The van der Waals surface area contributed by atoms with Gasteiger partial charge in [-0.25, -0.2) is 9.67 Å². The predicted molar refractivity (Wildman–Crippen MR) is 112 cm³/mol. The van der Waals surface area contributed by atoms with Crippen molar-refractivity contribution in [1.29, 1.82) is 0 Å². The van der Waals surface area contributed by atoms with E-state index in [-0.39, 0.29) is 5.91 Å². The van der Waals surface area contributed by atoms with Crippen LogP contribution in [-0.4, -0.2) is 37.4 Å². The van der Waals surface area contributed by atoms with Gasteiger partial charge in [0.05, 0.1) is 23.0 Å². The normalized spacial score (nSPS) is 10.9. The van der Waals surface area contributed by atoms with Crippen LogP contribution in [0.25, 0.3) is 17.3 Å². The molecule has 0 aliphatic rings. The lowest BCUT2D eigenvalue weighted by atomic mass is 10.1. The van der Waals surface area contributed by atoms with Gasteiger partial charge in [0.15, 0.2) is 11.6 Å². The minimum Gasteiger partial charge on any atom is -0.352 e. The van der Waals surface area contributed by atoms with Gasteiger partial charge in [0.1, 0.15) is 0 Å². The van der Waals surface area contributed by atoms with Gasteiger partial charge in [-0.1, -0.05) is 28.9 Å². The van der Waals surface area contributed by atoms with Crippen molar-refractivity contribution in [1.82, 2.24) is 30.2 Å². The Bertz CT molecular complexity index is 1170. The summed E-state index contributed by atoms with van der Waals surface area (Å²) >= 11 is 5.89. The number of aromatic nitrogens is 5. The molecule has 0 saturated carbocycles. The Kier molecular flexibility index (Phi) is 5.58. The smallest absolute Gasteiger partial charge is 0.259 e. The zero-order valence-corrected chi connectivity index (χ0v) is 17.2. The summed E-state index contributed by atoms with van der Waals surface area (Å²) in [5.74, 6) is 1.38. The van der Waals surface area contributed by atoms with E-state index in [4.69, 9.17) is 16.1 Å². The highest BCUT2D eigenvalue weighted by Crippen LogP contribution is 2.18. The summed E-state index contributed by atoms with van der Waals surface area (Å²) < 4.78 is 6.77. The fourth-order valence-corrected chi connectivity index (χ4v) is 3.11. The number of pyridine rings is 1. The first-order valence-electron chi connectivity index (χ1n) is 9.35. The molecule has 0 bridgehead atoms. The number of benzene rings is 1. The number of carbonyl (C=O) groups excluding carboxylic acids is 1. The fraction of sp³-hybridized carbons (Fsp3) is 0.190. The first-order valence-corrected chi connectivity index (χ1v) is 9.73. The number of rotatable bonds is 6. The lowest BCUT2D eigenvalue weighted by molar-refractivity contribution is 0.0953. The Morgan fingerprint density at radius 2 is 1.93 bits per heavy atom. The lowest BCUT2D eigenvalue weighted by Crippen LogP contribution is -2.26. The van der Waals surface area contributed by atoms with E-state index in [0.29, 0.717) is 52.3 Å². The molecular weight excluding hydrogens is 404 g/mol. The Hall–Kier alpha value is -3.52. The van der Waals surface area contributed by atoms with Crippen molar-refractivity contribution in [3.8, 4) is 17.3 Å². The Labute approximate surface area is 177 Å². The molecule has 0 atom stereocenters. The molecule has 0 radical (unpaired) electrons. The third-order valence-electron chi connectivity index (χ3n) is 4.61. The van der Waals surface area contributed by atoms with Crippen molar-refractivity contribution in [2.75, 3.05) is 6.54 Å². The number of nitrogens with one attached hydrogen (secondary N) is 1. The topological polar surface area (TPSA) is 98.7 Å². The SMILES string of the molecule is Cc1noc(-c2ccc(-n3ncc(C(=O)NCCc4ccc(Cl)cc4)c3C)nc2)n1. The monoisotopic (exact) mass is 422 g/mol. The summed E-state index contributed by atoms with van der Waals surface area (Å²) in [4.78, 5) is 21.2. The van der Waals surface area contributed by atoms with Gasteiger partial charge >= 0.3 is 0 Å². The van der Waals surface area contributed by atoms with E-state index in [1.165, 1.54) is 0 Å². The summed E-state index contributed by atoms with van der Waals surface area (Å²) in [6, 6.07) is 11.2. The van der Waals surface area contributed by atoms with Crippen molar-refractivity contribution >= 4 is 17.5 Å². The Balaban J connectivity index is 1.42. The summed E-state index contributed by atoms with van der Waals surface area (Å²) in [5.41, 5.74) is 3.02. The van der Waals surface area contributed by atoms with E-state index in [1.807, 2.05) is 37.3 Å². The zero-order chi connectivity index (χ0) is 21.1. The quantitative estimate of drug-likeness (QED) is 0.510. The third-order valence-corrected chi connectivity index (χ3v) is 4.86. The fourth-order valence-electron chi connectivity index (χ4n) is 2.98. The molecule has 3 heterocycles. The molecule has 0 saturated heterocycles. The Morgan fingerprint density at radius 3 is 2.60 bits per heavy atom. The van der Waals surface area contributed by atoms with Gasteiger partial charge in [-0.3, -0.25) is 4.79 Å². The molecule has 1 aromatic carbocycles. The molecule has 1 amide bonds. The second-order valence-electron chi connectivity index (χ2n) is 6.74. The maximum atomic E-state index is 12.6. The van der Waals surface area contributed by atoms with Crippen LogP contribution in [0.3, 0.4) is 0 Å². The van der Waals surface area contributed by atoms with Crippen molar-refractivity contribution in [2.24, 2.45) is 0 Å². The van der Waals surface area contributed by atoms with E-state index < -0.39 is 0 Å². The van der Waals surface area contributed by atoms with E-state index in [0.717, 1.165) is 5.56 Å². The molecule has 4 rings (SSSR count). The molecule has 0 spiro atoms. The number of nitrogens with zero attached hydrogens (tertiary/aromatic N) is 5. The minimum absolute atomic E-state index is 0.175. The number of carbonyl (C=O) groups is 1. The van der Waals surface area contributed by atoms with E-state index >= 15 is 0 Å². The van der Waals surface area contributed by atoms with E-state index in [1.54, 1.807) is 30.1 Å². The van der Waals surface area contributed by atoms with E-state index in [9.17, 15) is 4.79 Å². The molecule has 0 aliphatic heterocycles. The molecular formula is C21H19ClN6O2. The maximum absolute atomic E-state index is 12.6. The number of aryl methyl sites for hydroxylation is 1. The molecule has 152 valence electrons. The van der Waals surface area contributed by atoms with Gasteiger partial charge in [0.2, 0.25) is 0 Å². The van der Waals surface area contributed by atoms with Crippen LogP contribution in [0.2, 0.25) is 5.02 Å². The van der Waals surface area contributed by atoms with Crippen molar-refractivity contribution in [3.05, 3.63) is 76.5 Å². The maximum Gasteiger partial charge on any atom is 0.259 e. The number of hydrogen-bond acceptors (Lipinski definition) is 6. The second-order valence-corrected chi connectivity index (χ2v) is 7.18. The van der Waals surface area contributed by atoms with Gasteiger partial charge in [0, 0.05) is 17.8 Å². The highest BCUT2D eigenvalue weighted by atomic mass is 35.5. The molecule has 9 heteroatoms.